The van der Waals surface area contributed by atoms with Crippen LogP contribution in [0, 0.1) is 0 Å². The lowest BCUT2D eigenvalue weighted by atomic mass is 10.2. The van der Waals surface area contributed by atoms with Crippen LogP contribution in [0.4, 0.5) is 0 Å². The van der Waals surface area contributed by atoms with Gasteiger partial charge in [-0.15, -0.1) is 0 Å². The lowest BCUT2D eigenvalue weighted by Gasteiger charge is -2.21. The van der Waals surface area contributed by atoms with Gasteiger partial charge >= 0.3 is 0 Å². The fourth-order valence-corrected chi connectivity index (χ4v) is 2.84. The van der Waals surface area contributed by atoms with Crippen molar-refractivity contribution >= 4 is 10.0 Å². The van der Waals surface area contributed by atoms with Gasteiger partial charge in [-0.25, -0.2) is 12.7 Å². The molecule has 3 N–H and O–H groups in total. The molecule has 0 amide bonds. The Labute approximate surface area is 78.6 Å². The zero-order chi connectivity index (χ0) is 10.1. The Bertz CT molecular complexity index is 263. The first-order chi connectivity index (χ1) is 5.93. The number of rotatable bonds is 3. The highest BCUT2D eigenvalue weighted by molar-refractivity contribution is 7.89. The van der Waals surface area contributed by atoms with E-state index in [4.69, 9.17) is 10.8 Å². The fraction of sp³-hybridized carbons (Fsp3) is 1.00. The Morgan fingerprint density at radius 1 is 1.62 bits per heavy atom. The van der Waals surface area contributed by atoms with Crippen molar-refractivity contribution in [2.75, 3.05) is 18.8 Å². The largest absolute Gasteiger partial charge is 0.392 e. The van der Waals surface area contributed by atoms with Gasteiger partial charge in [0.05, 0.1) is 11.9 Å². The Hall–Kier alpha value is -0.170. The van der Waals surface area contributed by atoms with Crippen molar-refractivity contribution < 1.29 is 13.5 Å². The van der Waals surface area contributed by atoms with Gasteiger partial charge in [-0.1, -0.05) is 0 Å². The van der Waals surface area contributed by atoms with Gasteiger partial charge in [-0.2, -0.15) is 0 Å². The van der Waals surface area contributed by atoms with Gasteiger partial charge in [0.15, 0.2) is 0 Å². The molecule has 1 heterocycles. The highest BCUT2D eigenvalue weighted by Crippen LogP contribution is 2.13. The molecule has 1 fully saturated rings. The van der Waals surface area contributed by atoms with Crippen molar-refractivity contribution in [2.24, 2.45) is 5.73 Å². The number of aliphatic hydroxyl groups is 1. The summed E-state index contributed by atoms with van der Waals surface area (Å²) in [4.78, 5) is 0. The molecule has 13 heavy (non-hydrogen) atoms. The van der Waals surface area contributed by atoms with Crippen LogP contribution in [0.5, 0.6) is 0 Å². The van der Waals surface area contributed by atoms with Crippen LogP contribution >= 0.6 is 0 Å². The zero-order valence-corrected chi connectivity index (χ0v) is 8.50. The highest BCUT2D eigenvalue weighted by atomic mass is 32.2. The minimum atomic E-state index is -3.07. The van der Waals surface area contributed by atoms with Crippen molar-refractivity contribution in [1.82, 2.24) is 4.31 Å². The SMILES string of the molecule is CC(O)C(N)CN1CCCS1(=O)=O. The summed E-state index contributed by atoms with van der Waals surface area (Å²) in [6, 6.07) is -0.493. The molecule has 78 valence electrons. The molecule has 2 unspecified atom stereocenters. The van der Waals surface area contributed by atoms with Crippen LogP contribution in [0.15, 0.2) is 0 Å². The standard InChI is InChI=1S/C7H16N2O3S/c1-6(10)7(8)5-9-3-2-4-13(9,11)12/h6-7,10H,2-5,8H2,1H3. The molecule has 1 aliphatic rings. The van der Waals surface area contributed by atoms with E-state index in [0.717, 1.165) is 0 Å². The van der Waals surface area contributed by atoms with E-state index in [1.165, 1.54) is 4.31 Å². The normalized spacial score (nSPS) is 27.3. The number of aliphatic hydroxyl groups excluding tert-OH is 1. The van der Waals surface area contributed by atoms with Gasteiger partial charge in [-0.05, 0) is 13.3 Å². The van der Waals surface area contributed by atoms with Crippen molar-refractivity contribution in [3.63, 3.8) is 0 Å². The van der Waals surface area contributed by atoms with E-state index in [9.17, 15) is 8.42 Å². The number of nitrogens with two attached hydrogens (primary N) is 1. The third-order valence-corrected chi connectivity index (χ3v) is 4.16. The molecule has 1 saturated heterocycles. The highest BCUT2D eigenvalue weighted by Gasteiger charge is 2.30. The van der Waals surface area contributed by atoms with Crippen molar-refractivity contribution in [2.45, 2.75) is 25.5 Å². The lowest BCUT2D eigenvalue weighted by molar-refractivity contribution is 0.152. The Balaban J connectivity index is 2.55. The maximum absolute atomic E-state index is 11.3. The molecule has 0 saturated carbocycles. The second-order valence-electron chi connectivity index (χ2n) is 3.43. The molecule has 0 radical (unpaired) electrons. The number of hydrogen-bond acceptors (Lipinski definition) is 4. The van der Waals surface area contributed by atoms with E-state index < -0.39 is 22.2 Å². The summed E-state index contributed by atoms with van der Waals surface area (Å²) in [6.07, 6.45) is -0.00899. The summed E-state index contributed by atoms with van der Waals surface area (Å²) in [7, 11) is -3.07. The van der Waals surface area contributed by atoms with Crippen molar-refractivity contribution in [3.8, 4) is 0 Å². The van der Waals surface area contributed by atoms with Crippen LogP contribution < -0.4 is 5.73 Å². The maximum atomic E-state index is 11.3. The van der Waals surface area contributed by atoms with Crippen molar-refractivity contribution in [1.29, 1.82) is 0 Å². The van der Waals surface area contributed by atoms with Crippen LogP contribution in [0.3, 0.4) is 0 Å². The first-order valence-electron chi connectivity index (χ1n) is 4.35. The first kappa shape index (κ1) is 10.9. The Morgan fingerprint density at radius 3 is 2.62 bits per heavy atom. The average molecular weight is 208 g/mol. The van der Waals surface area contributed by atoms with Crippen LogP contribution in [-0.2, 0) is 10.0 Å². The van der Waals surface area contributed by atoms with Gasteiger partial charge < -0.3 is 10.8 Å². The van der Waals surface area contributed by atoms with Gasteiger partial charge in [0, 0.05) is 19.1 Å². The molecule has 0 aromatic rings. The molecule has 0 bridgehead atoms. The number of hydrogen-bond donors (Lipinski definition) is 2. The fourth-order valence-electron chi connectivity index (χ4n) is 1.28. The molecule has 1 aliphatic heterocycles. The molecular formula is C7H16N2O3S. The van der Waals surface area contributed by atoms with E-state index in [-0.39, 0.29) is 12.3 Å². The van der Waals surface area contributed by atoms with E-state index in [1.54, 1.807) is 6.92 Å². The molecule has 0 aliphatic carbocycles. The molecule has 2 atom stereocenters. The summed E-state index contributed by atoms with van der Waals surface area (Å²) in [5.74, 6) is 0.208. The van der Waals surface area contributed by atoms with E-state index in [1.807, 2.05) is 0 Å². The lowest BCUT2D eigenvalue weighted by Crippen LogP contribution is -2.44. The van der Waals surface area contributed by atoms with E-state index in [2.05, 4.69) is 0 Å². The van der Waals surface area contributed by atoms with Crippen molar-refractivity contribution in [3.05, 3.63) is 0 Å². The molecule has 0 aromatic heterocycles. The molecule has 0 aromatic carbocycles. The summed E-state index contributed by atoms with van der Waals surface area (Å²) < 4.78 is 24.0. The first-order valence-corrected chi connectivity index (χ1v) is 5.96. The van der Waals surface area contributed by atoms with Gasteiger partial charge in [0.1, 0.15) is 0 Å². The molecule has 5 nitrogen and oxygen atoms in total. The van der Waals surface area contributed by atoms with Gasteiger partial charge in [0.2, 0.25) is 10.0 Å². The third kappa shape index (κ3) is 2.63. The smallest absolute Gasteiger partial charge is 0.214 e. The Morgan fingerprint density at radius 2 is 2.23 bits per heavy atom. The summed E-state index contributed by atoms with van der Waals surface area (Å²) in [5.41, 5.74) is 5.56. The molecule has 0 spiro atoms. The summed E-state index contributed by atoms with van der Waals surface area (Å²) in [5, 5.41) is 9.10. The third-order valence-electron chi connectivity index (χ3n) is 2.24. The second kappa shape index (κ2) is 3.91. The quantitative estimate of drug-likeness (QED) is 0.606. The zero-order valence-electron chi connectivity index (χ0n) is 7.68. The topological polar surface area (TPSA) is 83.6 Å². The van der Waals surface area contributed by atoms with Gasteiger partial charge in [-0.3, -0.25) is 0 Å². The molecule has 6 heteroatoms. The number of sulfonamides is 1. The molecule has 1 rings (SSSR count). The van der Waals surface area contributed by atoms with Crippen LogP contribution in [0.2, 0.25) is 0 Å². The second-order valence-corrected chi connectivity index (χ2v) is 5.52. The Kier molecular flexibility index (Phi) is 3.28. The molecular weight excluding hydrogens is 192 g/mol. The predicted octanol–water partition coefficient (Wildman–Crippen LogP) is -1.27. The number of nitrogens with zero attached hydrogens (tertiary/aromatic N) is 1. The maximum Gasteiger partial charge on any atom is 0.214 e. The average Bonchev–Trinajstić information content (AvgIpc) is 2.30. The minimum Gasteiger partial charge on any atom is -0.392 e. The van der Waals surface area contributed by atoms with Crippen LogP contribution in [0.1, 0.15) is 13.3 Å². The van der Waals surface area contributed by atoms with E-state index >= 15 is 0 Å². The summed E-state index contributed by atoms with van der Waals surface area (Å²) >= 11 is 0. The summed E-state index contributed by atoms with van der Waals surface area (Å²) in [6.45, 7) is 2.32. The van der Waals surface area contributed by atoms with Crippen LogP contribution in [-0.4, -0.2) is 48.8 Å². The van der Waals surface area contributed by atoms with Crippen LogP contribution in [0.25, 0.3) is 0 Å². The van der Waals surface area contributed by atoms with E-state index in [0.29, 0.717) is 13.0 Å². The minimum absolute atomic E-state index is 0.208. The van der Waals surface area contributed by atoms with Gasteiger partial charge in [0.25, 0.3) is 0 Å². The monoisotopic (exact) mass is 208 g/mol. The predicted molar refractivity (Wildman–Crippen MR) is 49.6 cm³/mol.